The number of carbonyl (C=O) groups is 2. The molecule has 6 aromatic rings. The SMILES string of the molecule is C[N+](C)(Cc1ccc(NC(=O)c2cccc(-c3ccc(C(F)(F)F)cc3)c2)cc1)C1CCOCC1.Cc1ccc(-c2cccc(C(=O)Nc3ccc(C[N+](C)(C)C4CCCCC4)cc3)c2)cc1. The largest absolute Gasteiger partial charge is 0.416 e. The van der Waals surface area contributed by atoms with E-state index in [9.17, 15) is 22.8 Å². The van der Waals surface area contributed by atoms with Crippen LogP contribution in [0.3, 0.4) is 0 Å². The third kappa shape index (κ3) is 13.5. The fourth-order valence-electron chi connectivity index (χ4n) is 9.43. The van der Waals surface area contributed by atoms with Gasteiger partial charge in [-0.2, -0.15) is 13.2 Å². The van der Waals surface area contributed by atoms with Crippen molar-refractivity contribution in [3.63, 3.8) is 0 Å². The maximum Gasteiger partial charge on any atom is 0.416 e. The molecule has 1 aliphatic heterocycles. The van der Waals surface area contributed by atoms with Crippen molar-refractivity contribution < 1.29 is 36.5 Å². The molecular weight excluding hydrogens is 846 g/mol. The molecule has 7 nitrogen and oxygen atoms in total. The van der Waals surface area contributed by atoms with Crippen LogP contribution in [0.4, 0.5) is 24.5 Å². The van der Waals surface area contributed by atoms with E-state index in [4.69, 9.17) is 4.74 Å². The lowest BCUT2D eigenvalue weighted by Gasteiger charge is -2.40. The Morgan fingerprint density at radius 1 is 0.537 bits per heavy atom. The Bertz CT molecular complexity index is 2560. The van der Waals surface area contributed by atoms with Gasteiger partial charge in [0.25, 0.3) is 11.8 Å². The molecule has 2 N–H and O–H groups in total. The predicted molar refractivity (Wildman–Crippen MR) is 265 cm³/mol. The number of halogens is 3. The van der Waals surface area contributed by atoms with Gasteiger partial charge in [0.15, 0.2) is 0 Å². The van der Waals surface area contributed by atoms with Gasteiger partial charge in [0, 0.05) is 46.5 Å². The predicted octanol–water partition coefficient (Wildman–Crippen LogP) is 13.2. The molecule has 8 rings (SSSR count). The van der Waals surface area contributed by atoms with Crippen molar-refractivity contribution in [1.82, 2.24) is 0 Å². The van der Waals surface area contributed by atoms with Crippen molar-refractivity contribution in [3.05, 3.63) is 179 Å². The first-order chi connectivity index (χ1) is 32.0. The summed E-state index contributed by atoms with van der Waals surface area (Å²) in [4.78, 5) is 25.7. The second-order valence-electron chi connectivity index (χ2n) is 19.4. The lowest BCUT2D eigenvalue weighted by molar-refractivity contribution is -0.929. The van der Waals surface area contributed by atoms with Crippen LogP contribution in [-0.4, -0.2) is 74.3 Å². The number of rotatable bonds is 12. The number of ether oxygens (including phenoxy) is 1. The van der Waals surface area contributed by atoms with E-state index in [-0.39, 0.29) is 11.8 Å². The van der Waals surface area contributed by atoms with Gasteiger partial charge in [-0.05, 0) is 116 Å². The Kier molecular flexibility index (Phi) is 15.8. The minimum Gasteiger partial charge on any atom is -0.381 e. The van der Waals surface area contributed by atoms with Crippen LogP contribution in [0, 0.1) is 6.92 Å². The normalized spacial score (nSPS) is 15.0. The summed E-state index contributed by atoms with van der Waals surface area (Å²) in [6.45, 7) is 5.63. The molecule has 2 aliphatic rings. The van der Waals surface area contributed by atoms with Crippen molar-refractivity contribution in [2.45, 2.75) is 83.2 Å². The Balaban J connectivity index is 0.000000200. The topological polar surface area (TPSA) is 67.4 Å². The minimum absolute atomic E-state index is 0.0787. The summed E-state index contributed by atoms with van der Waals surface area (Å²) in [5.41, 5.74) is 9.13. The standard InChI is InChI=1S/C29H34N2O.C28H29F3N2O2/c1-22-12-16-24(17-13-22)25-8-7-9-26(20-25)29(32)30-27-18-14-23(15-19-27)21-31(2,3)28-10-5-4-6-11-28;1-33(2,26-14-16-35-17-15-26)19-20-6-12-25(13-7-20)32-27(34)23-5-3-4-22(18-23)21-8-10-24(11-9-21)28(29,30)31/h7-9,12-20,28H,4-6,10-11,21H2,1-3H3;3-13,18,26H,14-17,19H2,1-2H3/p+2. The van der Waals surface area contributed by atoms with Crippen LogP contribution in [0.15, 0.2) is 146 Å². The minimum atomic E-state index is -4.38. The van der Waals surface area contributed by atoms with Crippen molar-refractivity contribution >= 4 is 23.2 Å². The molecule has 2 amide bonds. The van der Waals surface area contributed by atoms with E-state index < -0.39 is 11.7 Å². The van der Waals surface area contributed by atoms with Crippen LogP contribution >= 0.6 is 0 Å². The molecule has 0 atom stereocenters. The molecule has 2 fully saturated rings. The van der Waals surface area contributed by atoms with Crippen molar-refractivity contribution in [1.29, 1.82) is 0 Å². The van der Waals surface area contributed by atoms with Crippen LogP contribution in [0.25, 0.3) is 22.3 Å². The smallest absolute Gasteiger partial charge is 0.381 e. The van der Waals surface area contributed by atoms with Crippen LogP contribution < -0.4 is 10.6 Å². The lowest BCUT2D eigenvalue weighted by atomic mass is 9.92. The number of amides is 2. The Morgan fingerprint density at radius 2 is 0.955 bits per heavy atom. The van der Waals surface area contributed by atoms with Gasteiger partial charge in [-0.25, -0.2) is 0 Å². The summed E-state index contributed by atoms with van der Waals surface area (Å²) >= 11 is 0. The molecule has 6 aromatic carbocycles. The number of aryl methyl sites for hydroxylation is 1. The molecule has 1 aliphatic carbocycles. The molecule has 0 aromatic heterocycles. The van der Waals surface area contributed by atoms with Gasteiger partial charge in [0.2, 0.25) is 0 Å². The zero-order chi connectivity index (χ0) is 47.6. The molecule has 0 spiro atoms. The monoisotopic (exact) mass is 910 g/mol. The molecule has 350 valence electrons. The van der Waals surface area contributed by atoms with Gasteiger partial charge in [0.1, 0.15) is 13.1 Å². The van der Waals surface area contributed by atoms with Crippen LogP contribution in [0.2, 0.25) is 0 Å². The zero-order valence-corrected chi connectivity index (χ0v) is 39.5. The first-order valence-electron chi connectivity index (χ1n) is 23.5. The highest BCUT2D eigenvalue weighted by Gasteiger charge is 2.32. The first kappa shape index (κ1) is 48.9. The summed E-state index contributed by atoms with van der Waals surface area (Å²) in [5.74, 6) is -0.352. The number of hydrogen-bond donors (Lipinski definition) is 2. The Morgan fingerprint density at radius 3 is 1.39 bits per heavy atom. The molecule has 10 heteroatoms. The van der Waals surface area contributed by atoms with E-state index in [1.54, 1.807) is 24.3 Å². The van der Waals surface area contributed by atoms with Gasteiger partial charge >= 0.3 is 6.18 Å². The maximum absolute atomic E-state index is 12.9. The van der Waals surface area contributed by atoms with Crippen molar-refractivity contribution in [3.8, 4) is 22.3 Å². The number of carbonyl (C=O) groups excluding carboxylic acids is 2. The zero-order valence-electron chi connectivity index (χ0n) is 39.5. The number of nitrogens with zero attached hydrogens (tertiary/aromatic N) is 2. The highest BCUT2D eigenvalue weighted by molar-refractivity contribution is 6.05. The number of nitrogens with one attached hydrogen (secondary N) is 2. The number of alkyl halides is 3. The van der Waals surface area contributed by atoms with Crippen LogP contribution in [0.5, 0.6) is 0 Å². The summed E-state index contributed by atoms with van der Waals surface area (Å²) in [7, 11) is 9.20. The second kappa shape index (κ2) is 21.7. The quantitative estimate of drug-likeness (QED) is 0.120. The first-order valence-corrected chi connectivity index (χ1v) is 23.5. The molecule has 0 radical (unpaired) electrons. The molecule has 1 heterocycles. The summed E-state index contributed by atoms with van der Waals surface area (Å²) in [5, 5.41) is 5.97. The summed E-state index contributed by atoms with van der Waals surface area (Å²) < 4.78 is 45.9. The van der Waals surface area contributed by atoms with Crippen LogP contribution in [-0.2, 0) is 24.0 Å². The Labute approximate surface area is 394 Å². The molecule has 0 unspecified atom stereocenters. The third-order valence-electron chi connectivity index (χ3n) is 13.5. The third-order valence-corrected chi connectivity index (χ3v) is 13.5. The highest BCUT2D eigenvalue weighted by Crippen LogP contribution is 2.32. The van der Waals surface area contributed by atoms with Crippen LogP contribution in [0.1, 0.15) is 87.9 Å². The van der Waals surface area contributed by atoms with E-state index in [0.717, 1.165) is 83.1 Å². The van der Waals surface area contributed by atoms with E-state index in [1.807, 2.05) is 60.7 Å². The number of anilines is 2. The molecule has 1 saturated heterocycles. The van der Waals surface area contributed by atoms with Gasteiger partial charge in [-0.15, -0.1) is 0 Å². The maximum atomic E-state index is 12.9. The molecule has 67 heavy (non-hydrogen) atoms. The summed E-state index contributed by atoms with van der Waals surface area (Å²) in [6, 6.07) is 45.5. The lowest BCUT2D eigenvalue weighted by Crippen LogP contribution is -2.50. The van der Waals surface area contributed by atoms with Crippen molar-refractivity contribution in [2.75, 3.05) is 52.0 Å². The van der Waals surface area contributed by atoms with Gasteiger partial charge in [0.05, 0.1) is 59.1 Å². The summed E-state index contributed by atoms with van der Waals surface area (Å²) in [6.07, 6.45) is 4.53. The number of quaternary nitrogens is 2. The molecule has 0 bridgehead atoms. The average Bonchev–Trinajstić information content (AvgIpc) is 3.33. The molecular formula is C57H65F3N4O3+2. The molecule has 1 saturated carbocycles. The fraction of sp³-hybridized carbons (Fsp3) is 0.333. The second-order valence-corrected chi connectivity index (χ2v) is 19.4. The average molecular weight is 911 g/mol. The number of benzene rings is 6. The van der Waals surface area contributed by atoms with Gasteiger partial charge < -0.3 is 24.3 Å². The van der Waals surface area contributed by atoms with Gasteiger partial charge in [-0.3, -0.25) is 9.59 Å². The van der Waals surface area contributed by atoms with E-state index in [2.05, 4.69) is 82.1 Å². The highest BCUT2D eigenvalue weighted by atomic mass is 19.4. The van der Waals surface area contributed by atoms with Crippen molar-refractivity contribution in [2.24, 2.45) is 0 Å². The van der Waals surface area contributed by atoms with E-state index >= 15 is 0 Å². The van der Waals surface area contributed by atoms with Gasteiger partial charge in [-0.1, -0.05) is 96.9 Å². The van der Waals surface area contributed by atoms with E-state index in [0.29, 0.717) is 34.0 Å². The van der Waals surface area contributed by atoms with E-state index in [1.165, 1.54) is 60.9 Å². The number of hydrogen-bond acceptors (Lipinski definition) is 3. The Hall–Kier alpha value is -6.07. The fourth-order valence-corrected chi connectivity index (χ4v) is 9.43.